The van der Waals surface area contributed by atoms with E-state index >= 15 is 0 Å². The summed E-state index contributed by atoms with van der Waals surface area (Å²) >= 11 is 3.47. The summed E-state index contributed by atoms with van der Waals surface area (Å²) in [6.45, 7) is 7.21. The van der Waals surface area contributed by atoms with E-state index in [1.54, 1.807) is 6.20 Å². The third kappa shape index (κ3) is 29.6. The summed E-state index contributed by atoms with van der Waals surface area (Å²) in [5.74, 6) is -2.32. The molecule has 4 amide bonds. The van der Waals surface area contributed by atoms with Gasteiger partial charge in [0.2, 0.25) is 23.6 Å². The van der Waals surface area contributed by atoms with Crippen LogP contribution in [0.25, 0.3) is 10.9 Å². The highest BCUT2D eigenvalue weighted by Gasteiger charge is 2.29. The monoisotopic (exact) mass is 1050 g/mol. The lowest BCUT2D eigenvalue weighted by atomic mass is 9.98. The first-order chi connectivity index (χ1) is 33.3. The van der Waals surface area contributed by atoms with Crippen LogP contribution in [-0.4, -0.2) is 84.5 Å². The van der Waals surface area contributed by atoms with E-state index in [2.05, 4.69) is 56.0 Å². The van der Waals surface area contributed by atoms with Gasteiger partial charge < -0.3 is 35.9 Å². The lowest BCUT2D eigenvalue weighted by molar-refractivity contribution is -0.143. The molecule has 15 nitrogen and oxygen atoms in total. The van der Waals surface area contributed by atoms with Gasteiger partial charge >= 0.3 is 13.8 Å². The van der Waals surface area contributed by atoms with E-state index in [1.165, 1.54) is 96.3 Å². The first-order valence-corrected chi connectivity index (χ1v) is 28.8. The number of H-pyrrole nitrogens is 1. The molecule has 0 radical (unpaired) electrons. The molecule has 1 aromatic heterocycles. The Morgan fingerprint density at radius 3 is 1.80 bits per heavy atom. The summed E-state index contributed by atoms with van der Waals surface area (Å²) in [5, 5.41) is 11.8. The van der Waals surface area contributed by atoms with Crippen molar-refractivity contribution < 1.29 is 47.2 Å². The van der Waals surface area contributed by atoms with Crippen LogP contribution >= 0.6 is 23.8 Å². The van der Waals surface area contributed by atoms with Crippen LogP contribution in [0.2, 0.25) is 0 Å². The molecule has 0 aliphatic carbocycles. The van der Waals surface area contributed by atoms with Crippen LogP contribution in [0.15, 0.2) is 28.9 Å². The van der Waals surface area contributed by atoms with Gasteiger partial charge in [-0.2, -0.15) is 0 Å². The number of aromatic nitrogens is 1. The first-order valence-electron chi connectivity index (χ1n) is 26.5. The minimum Gasteiger partial charge on any atom is -0.466 e. The Labute approximate surface area is 422 Å². The summed E-state index contributed by atoms with van der Waals surface area (Å²) in [6, 6.07) is 3.57. The smallest absolute Gasteiger partial charge is 0.466 e. The number of phosphoric ester groups is 1. The van der Waals surface area contributed by atoms with E-state index in [4.69, 9.17) is 13.8 Å². The molecule has 69 heavy (non-hydrogen) atoms. The third-order valence-electron chi connectivity index (χ3n) is 12.5. The SMILES string of the molecule is CCCCCCCCCCCCCCCC(=O)N[C@H](COP(=O)(O)OCCNC(=O)[C@@H](NC(=O)Cc1c[nH]c2ccc(Br)cc12)[C@@H](C)CC)C(=O)NCCCOC(=O)CCCCCCCCCCC. The lowest BCUT2D eigenvalue weighted by Crippen LogP contribution is -2.51. The zero-order chi connectivity index (χ0) is 50.5. The van der Waals surface area contributed by atoms with Crippen molar-refractivity contribution in [2.75, 3.05) is 32.9 Å². The molecular weight excluding hydrogens is 965 g/mol. The van der Waals surface area contributed by atoms with E-state index in [0.29, 0.717) is 25.7 Å². The maximum atomic E-state index is 13.3. The van der Waals surface area contributed by atoms with Crippen LogP contribution < -0.4 is 21.3 Å². The van der Waals surface area contributed by atoms with Gasteiger partial charge in [-0.15, -0.1) is 0 Å². The Hall–Kier alpha value is -3.30. The van der Waals surface area contributed by atoms with Gasteiger partial charge in [0.1, 0.15) is 12.1 Å². The second-order valence-electron chi connectivity index (χ2n) is 18.6. The fourth-order valence-electron chi connectivity index (χ4n) is 8.05. The van der Waals surface area contributed by atoms with Gasteiger partial charge in [-0.3, -0.25) is 33.0 Å². The fourth-order valence-corrected chi connectivity index (χ4v) is 9.14. The molecule has 6 N–H and O–H groups in total. The largest absolute Gasteiger partial charge is 0.472 e. The number of benzene rings is 1. The molecule has 394 valence electrons. The zero-order valence-corrected chi connectivity index (χ0v) is 45.1. The number of carbonyl (C=O) groups excluding carboxylic acids is 5. The Morgan fingerprint density at radius 2 is 1.22 bits per heavy atom. The van der Waals surface area contributed by atoms with Crippen molar-refractivity contribution in [1.82, 2.24) is 26.3 Å². The molecule has 1 unspecified atom stereocenters. The van der Waals surface area contributed by atoms with Gasteiger partial charge in [0.05, 0.1) is 26.2 Å². The van der Waals surface area contributed by atoms with Crippen LogP contribution in [0.3, 0.4) is 0 Å². The van der Waals surface area contributed by atoms with Gasteiger partial charge in [0, 0.05) is 47.5 Å². The van der Waals surface area contributed by atoms with Crippen molar-refractivity contribution in [3.05, 3.63) is 34.4 Å². The summed E-state index contributed by atoms with van der Waals surface area (Å²) in [4.78, 5) is 78.6. The predicted molar refractivity (Wildman–Crippen MR) is 278 cm³/mol. The number of esters is 1. The number of ether oxygens (including phenoxy) is 1. The highest BCUT2D eigenvalue weighted by molar-refractivity contribution is 9.10. The Morgan fingerprint density at radius 1 is 0.667 bits per heavy atom. The number of carbonyl (C=O) groups is 5. The summed E-state index contributed by atoms with van der Waals surface area (Å²) in [6.07, 6.45) is 28.8. The Balaban J connectivity index is 1.83. The van der Waals surface area contributed by atoms with Crippen molar-refractivity contribution in [3.63, 3.8) is 0 Å². The van der Waals surface area contributed by atoms with Crippen molar-refractivity contribution >= 4 is 64.3 Å². The Bertz CT molecular complexity index is 1800. The number of hydrogen-bond donors (Lipinski definition) is 6. The van der Waals surface area contributed by atoms with E-state index in [9.17, 15) is 33.4 Å². The number of amides is 4. The third-order valence-corrected chi connectivity index (χ3v) is 14.0. The molecule has 2 aromatic rings. The molecule has 0 saturated carbocycles. The number of phosphoric acid groups is 1. The Kier molecular flexibility index (Phi) is 34.4. The molecule has 1 heterocycles. The molecule has 17 heteroatoms. The molecule has 0 spiro atoms. The molecule has 0 aliphatic rings. The molecular formula is C52H89BrN5O10P. The topological polar surface area (TPSA) is 214 Å². The number of unbranched alkanes of at least 4 members (excludes halogenated alkanes) is 20. The average Bonchev–Trinajstić information content (AvgIpc) is 3.72. The quantitative estimate of drug-likeness (QED) is 0.0210. The number of nitrogens with one attached hydrogen (secondary N) is 5. The minimum atomic E-state index is -4.75. The second-order valence-corrected chi connectivity index (χ2v) is 20.9. The predicted octanol–water partition coefficient (Wildman–Crippen LogP) is 11.2. The van der Waals surface area contributed by atoms with E-state index in [1.807, 2.05) is 32.0 Å². The van der Waals surface area contributed by atoms with Crippen molar-refractivity contribution in [2.24, 2.45) is 5.92 Å². The normalized spacial score (nSPS) is 13.6. The van der Waals surface area contributed by atoms with Crippen molar-refractivity contribution in [3.8, 4) is 0 Å². The van der Waals surface area contributed by atoms with Gasteiger partial charge in [0.15, 0.2) is 0 Å². The number of rotatable bonds is 43. The van der Waals surface area contributed by atoms with Crippen molar-refractivity contribution in [1.29, 1.82) is 0 Å². The molecule has 2 rings (SSSR count). The van der Waals surface area contributed by atoms with Crippen LogP contribution in [0.4, 0.5) is 0 Å². The lowest BCUT2D eigenvalue weighted by Gasteiger charge is -2.24. The molecule has 0 fully saturated rings. The molecule has 0 saturated heterocycles. The summed E-state index contributed by atoms with van der Waals surface area (Å²) < 4.78 is 29.5. The van der Waals surface area contributed by atoms with E-state index < -0.39 is 44.9 Å². The second kappa shape index (κ2) is 38.4. The maximum absolute atomic E-state index is 13.3. The molecule has 0 aliphatic heterocycles. The summed E-state index contributed by atoms with van der Waals surface area (Å²) in [7, 11) is -4.75. The molecule has 1 aromatic carbocycles. The molecule has 0 bridgehead atoms. The van der Waals surface area contributed by atoms with Crippen LogP contribution in [0.1, 0.15) is 200 Å². The number of fused-ring (bicyclic) bond motifs is 1. The zero-order valence-electron chi connectivity index (χ0n) is 42.6. The summed E-state index contributed by atoms with van der Waals surface area (Å²) in [5.41, 5.74) is 1.67. The van der Waals surface area contributed by atoms with Gasteiger partial charge in [-0.25, -0.2) is 4.57 Å². The van der Waals surface area contributed by atoms with Crippen LogP contribution in [0, 0.1) is 5.92 Å². The minimum absolute atomic E-state index is 0.0542. The highest BCUT2D eigenvalue weighted by Crippen LogP contribution is 2.43. The number of aromatic amines is 1. The van der Waals surface area contributed by atoms with E-state index in [-0.39, 0.29) is 56.2 Å². The van der Waals surface area contributed by atoms with E-state index in [0.717, 1.165) is 59.5 Å². The standard InChI is InChI=1S/C52H89BrN5O10P/c1-5-8-10-12-14-16-17-18-19-21-22-24-26-29-47(59)57-46(51(62)54-33-28-35-66-49(61)30-27-25-23-20-15-13-11-9-6-2)40-68-69(64,65)67-36-34-55-52(63)50(41(4)7-3)58-48(60)37-42-39-56-45-32-31-43(53)38-44(42)45/h31-32,38-39,41,46,50,56H,5-30,33-37,40H2,1-4H3,(H,54,62)(H,55,63)(H,57,59)(H,58,60)(H,64,65)/t41-,46+,50-/m0/s1. The highest BCUT2D eigenvalue weighted by atomic mass is 79.9. The first kappa shape index (κ1) is 61.8. The maximum Gasteiger partial charge on any atom is 0.472 e. The van der Waals surface area contributed by atoms with Crippen LogP contribution in [-0.2, 0) is 48.7 Å². The van der Waals surface area contributed by atoms with Gasteiger partial charge in [-0.1, -0.05) is 178 Å². The number of hydrogen-bond acceptors (Lipinski definition) is 9. The van der Waals surface area contributed by atoms with Gasteiger partial charge in [0.25, 0.3) is 0 Å². The average molecular weight is 1060 g/mol. The fraction of sp³-hybridized carbons (Fsp3) is 0.750. The molecule has 4 atom stereocenters. The van der Waals surface area contributed by atoms with Crippen molar-refractivity contribution in [2.45, 2.75) is 213 Å². The van der Waals surface area contributed by atoms with Gasteiger partial charge in [-0.05, 0) is 48.9 Å². The van der Waals surface area contributed by atoms with Crippen LogP contribution in [0.5, 0.6) is 0 Å². The number of halogens is 1.